The molecule has 0 spiro atoms. The van der Waals surface area contributed by atoms with Crippen LogP contribution in [0.25, 0.3) is 0 Å². The molecule has 0 radical (unpaired) electrons. The minimum atomic E-state index is 0.269. The summed E-state index contributed by atoms with van der Waals surface area (Å²) in [5, 5.41) is 4.18. The van der Waals surface area contributed by atoms with E-state index in [1.165, 1.54) is 0 Å². The minimum Gasteiger partial charge on any atom is -0.394 e. The van der Waals surface area contributed by atoms with Crippen molar-refractivity contribution in [1.82, 2.24) is 9.78 Å². The first kappa shape index (κ1) is 7.91. The molecular formula is C7H14N4. The average Bonchev–Trinajstić information content (AvgIpc) is 2.17. The zero-order valence-corrected chi connectivity index (χ0v) is 7.13. The molecule has 0 aliphatic carbocycles. The fourth-order valence-corrected chi connectivity index (χ4v) is 0.972. The summed E-state index contributed by atoms with van der Waals surface area (Å²) in [6.07, 6.45) is 0. The molecule has 0 saturated carbocycles. The molecule has 0 saturated heterocycles. The number of nitrogen functional groups attached to an aromatic ring is 2. The zero-order valence-electron chi connectivity index (χ0n) is 7.13. The second-order valence-electron chi connectivity index (χ2n) is 2.92. The Labute approximate surface area is 66.2 Å². The fraction of sp³-hybridized carbons (Fsp3) is 0.571. The van der Waals surface area contributed by atoms with E-state index >= 15 is 0 Å². The molecule has 0 fully saturated rings. The molecule has 0 unspecified atom stereocenters. The van der Waals surface area contributed by atoms with Gasteiger partial charge in [0.2, 0.25) is 0 Å². The van der Waals surface area contributed by atoms with Crippen molar-refractivity contribution in [2.75, 3.05) is 11.5 Å². The van der Waals surface area contributed by atoms with Crippen LogP contribution in [-0.4, -0.2) is 9.78 Å². The SMILES string of the molecule is Cc1nn(C(C)C)c(N)c1N. The van der Waals surface area contributed by atoms with Gasteiger partial charge in [0.1, 0.15) is 5.82 Å². The van der Waals surface area contributed by atoms with Crippen molar-refractivity contribution < 1.29 is 0 Å². The van der Waals surface area contributed by atoms with Gasteiger partial charge < -0.3 is 11.5 Å². The Bertz CT molecular complexity index is 262. The van der Waals surface area contributed by atoms with Gasteiger partial charge in [-0.05, 0) is 20.8 Å². The molecule has 0 amide bonds. The first-order valence-electron chi connectivity index (χ1n) is 3.64. The van der Waals surface area contributed by atoms with Gasteiger partial charge in [-0.25, -0.2) is 4.68 Å². The van der Waals surface area contributed by atoms with Gasteiger partial charge in [0, 0.05) is 6.04 Å². The Morgan fingerprint density at radius 3 is 2.09 bits per heavy atom. The van der Waals surface area contributed by atoms with Crippen LogP contribution >= 0.6 is 0 Å². The number of hydrogen-bond donors (Lipinski definition) is 2. The van der Waals surface area contributed by atoms with Crippen molar-refractivity contribution in [2.45, 2.75) is 26.8 Å². The van der Waals surface area contributed by atoms with Gasteiger partial charge in [0.25, 0.3) is 0 Å². The van der Waals surface area contributed by atoms with Gasteiger partial charge >= 0.3 is 0 Å². The molecule has 0 aromatic carbocycles. The molecule has 0 aliphatic heterocycles. The Hall–Kier alpha value is -1.19. The van der Waals surface area contributed by atoms with E-state index < -0.39 is 0 Å². The summed E-state index contributed by atoms with van der Waals surface area (Å²) in [5.74, 6) is 0.567. The number of anilines is 2. The first-order valence-corrected chi connectivity index (χ1v) is 3.64. The summed E-state index contributed by atoms with van der Waals surface area (Å²) in [5.41, 5.74) is 12.7. The second-order valence-corrected chi connectivity index (χ2v) is 2.92. The third-order valence-corrected chi connectivity index (χ3v) is 1.66. The number of rotatable bonds is 1. The lowest BCUT2D eigenvalue weighted by Gasteiger charge is -2.06. The predicted molar refractivity (Wildman–Crippen MR) is 46.2 cm³/mol. The lowest BCUT2D eigenvalue weighted by molar-refractivity contribution is 0.537. The molecule has 4 heteroatoms. The Kier molecular flexibility index (Phi) is 1.76. The lowest BCUT2D eigenvalue weighted by Crippen LogP contribution is -2.07. The van der Waals surface area contributed by atoms with Crippen LogP contribution in [0.1, 0.15) is 25.6 Å². The molecule has 0 bridgehead atoms. The summed E-state index contributed by atoms with van der Waals surface area (Å²) in [6.45, 7) is 5.88. The Balaban J connectivity index is 3.19. The molecule has 0 aliphatic rings. The maximum Gasteiger partial charge on any atom is 0.145 e. The van der Waals surface area contributed by atoms with Crippen LogP contribution in [0.2, 0.25) is 0 Å². The molecule has 4 nitrogen and oxygen atoms in total. The van der Waals surface area contributed by atoms with Gasteiger partial charge in [0.15, 0.2) is 0 Å². The predicted octanol–water partition coefficient (Wildman–Crippen LogP) is 0.937. The molecule has 4 N–H and O–H groups in total. The average molecular weight is 154 g/mol. The molecule has 11 heavy (non-hydrogen) atoms. The van der Waals surface area contributed by atoms with Gasteiger partial charge in [-0.15, -0.1) is 0 Å². The van der Waals surface area contributed by atoms with Crippen molar-refractivity contribution in [3.05, 3.63) is 5.69 Å². The largest absolute Gasteiger partial charge is 0.394 e. The summed E-state index contributed by atoms with van der Waals surface area (Å²) in [4.78, 5) is 0. The summed E-state index contributed by atoms with van der Waals surface area (Å²) in [6, 6.07) is 0.269. The standard InChI is InChI=1S/C7H14N4/c1-4(2)11-7(9)6(8)5(3)10-11/h4H,8-9H2,1-3H3. The van der Waals surface area contributed by atoms with Crippen molar-refractivity contribution in [3.8, 4) is 0 Å². The fourth-order valence-electron chi connectivity index (χ4n) is 0.972. The highest BCUT2D eigenvalue weighted by molar-refractivity contribution is 5.61. The summed E-state index contributed by atoms with van der Waals surface area (Å²) < 4.78 is 1.73. The van der Waals surface area contributed by atoms with Crippen LogP contribution in [0.15, 0.2) is 0 Å². The molecule has 1 aromatic heterocycles. The molecule has 62 valence electrons. The van der Waals surface area contributed by atoms with Crippen LogP contribution in [0.3, 0.4) is 0 Å². The van der Waals surface area contributed by atoms with Crippen molar-refractivity contribution in [1.29, 1.82) is 0 Å². The van der Waals surface area contributed by atoms with E-state index in [9.17, 15) is 0 Å². The smallest absolute Gasteiger partial charge is 0.145 e. The third-order valence-electron chi connectivity index (χ3n) is 1.66. The van der Waals surface area contributed by atoms with Crippen LogP contribution < -0.4 is 11.5 Å². The van der Waals surface area contributed by atoms with E-state index in [1.807, 2.05) is 20.8 Å². The zero-order chi connectivity index (χ0) is 8.59. The second kappa shape index (κ2) is 2.45. The maximum absolute atomic E-state index is 5.68. The molecule has 1 aromatic rings. The van der Waals surface area contributed by atoms with E-state index in [2.05, 4.69) is 5.10 Å². The van der Waals surface area contributed by atoms with Crippen molar-refractivity contribution in [2.24, 2.45) is 0 Å². The number of aromatic nitrogens is 2. The van der Waals surface area contributed by atoms with Crippen molar-refractivity contribution >= 4 is 11.5 Å². The highest BCUT2D eigenvalue weighted by Crippen LogP contribution is 2.21. The van der Waals surface area contributed by atoms with E-state index in [1.54, 1.807) is 4.68 Å². The van der Waals surface area contributed by atoms with Crippen LogP contribution in [0.4, 0.5) is 11.5 Å². The number of nitrogens with zero attached hydrogens (tertiary/aromatic N) is 2. The van der Waals surface area contributed by atoms with Gasteiger partial charge in [0.05, 0.1) is 11.4 Å². The molecule has 1 rings (SSSR count). The topological polar surface area (TPSA) is 69.9 Å². The van der Waals surface area contributed by atoms with Crippen LogP contribution in [0.5, 0.6) is 0 Å². The van der Waals surface area contributed by atoms with E-state index in [4.69, 9.17) is 11.5 Å². The van der Waals surface area contributed by atoms with E-state index in [-0.39, 0.29) is 6.04 Å². The molecule has 1 heterocycles. The maximum atomic E-state index is 5.68. The number of hydrogen-bond acceptors (Lipinski definition) is 3. The third kappa shape index (κ3) is 1.15. The normalized spacial score (nSPS) is 10.9. The quantitative estimate of drug-likeness (QED) is 0.632. The Morgan fingerprint density at radius 2 is 1.91 bits per heavy atom. The Morgan fingerprint density at radius 1 is 1.36 bits per heavy atom. The lowest BCUT2D eigenvalue weighted by atomic mass is 10.4. The highest BCUT2D eigenvalue weighted by Gasteiger charge is 2.10. The monoisotopic (exact) mass is 154 g/mol. The van der Waals surface area contributed by atoms with E-state index in [0.29, 0.717) is 11.5 Å². The number of aryl methyl sites for hydroxylation is 1. The molecule has 0 atom stereocenters. The van der Waals surface area contributed by atoms with Crippen molar-refractivity contribution in [3.63, 3.8) is 0 Å². The molecular weight excluding hydrogens is 140 g/mol. The highest BCUT2D eigenvalue weighted by atomic mass is 15.3. The summed E-state index contributed by atoms with van der Waals surface area (Å²) in [7, 11) is 0. The van der Waals surface area contributed by atoms with Gasteiger partial charge in [-0.2, -0.15) is 5.10 Å². The van der Waals surface area contributed by atoms with Crippen LogP contribution in [0, 0.1) is 6.92 Å². The van der Waals surface area contributed by atoms with Gasteiger partial charge in [-0.1, -0.05) is 0 Å². The minimum absolute atomic E-state index is 0.269. The van der Waals surface area contributed by atoms with Crippen LogP contribution in [-0.2, 0) is 0 Å². The summed E-state index contributed by atoms with van der Waals surface area (Å²) >= 11 is 0. The number of nitrogens with two attached hydrogens (primary N) is 2. The van der Waals surface area contributed by atoms with Gasteiger partial charge in [-0.3, -0.25) is 0 Å². The first-order chi connectivity index (χ1) is 5.04. The van der Waals surface area contributed by atoms with E-state index in [0.717, 1.165) is 5.69 Å².